The van der Waals surface area contributed by atoms with E-state index in [1.54, 1.807) is 18.2 Å². The van der Waals surface area contributed by atoms with E-state index in [0.717, 1.165) is 92.2 Å². The minimum atomic E-state index is -4.75. The standard InChI is InChI=1S/C67H96N10O23S/c1-36-30-77-59(60(36)86)65(91)69-29-45(81)26-49(70-61(87)43-13-11-41(12-14-43)48-28-54(99-74-48)42-15-17-47(18-16-42)97-23-9-7-5-6-8-22-75-31-37(2)98-38(3)32-75)62(88)71-56(39(4)80)66(92)76-33-46(82)27-50(76)63(89)72-57(53(85)24-40-10-19-51(83)55(25-40)100-101(94,95)96)64(90)73-58(67(77)93)52(84)20-21-68-44(34-78)35-79/h10-19,25,28,36-39,44-46,49-50,52-53,56-60,68,78-86,94-96H,5-9,20-24,26-27,29-35H2,1-4H3,(H,69,91)(H,70,87)(H,71,88)(H,72,89)(H,73,90)/t36-,37-,38+,39+,45+,46+,49?,50-,52+,53+,56-,57-,58-,59-,60-/m0/s1. The number of aliphatic hydroxyl groups excluding tert-OH is 8. The molecule has 4 aliphatic rings. The van der Waals surface area contributed by atoms with Crippen LogP contribution < -0.4 is 40.8 Å². The molecule has 5 heterocycles. The lowest BCUT2D eigenvalue weighted by atomic mass is 9.98. The summed E-state index contributed by atoms with van der Waals surface area (Å²) in [5.74, 6) is -9.41. The molecule has 0 spiro atoms. The first-order chi connectivity index (χ1) is 48.0. The van der Waals surface area contributed by atoms with Crippen molar-refractivity contribution in [3.63, 3.8) is 0 Å². The van der Waals surface area contributed by atoms with Gasteiger partial charge in [0.1, 0.15) is 47.7 Å². The highest BCUT2D eigenvalue weighted by molar-refractivity contribution is 8.15. The highest BCUT2D eigenvalue weighted by Crippen LogP contribution is 2.41. The maximum absolute atomic E-state index is 15.0. The number of phenolic OH excluding ortho intramolecular Hbond substituents is 1. The summed E-state index contributed by atoms with van der Waals surface area (Å²) in [5, 5.41) is 118. The third-order valence-corrected chi connectivity index (χ3v) is 18.6. The number of aliphatic hydroxyl groups is 8. The highest BCUT2D eigenvalue weighted by atomic mass is 32.3. The van der Waals surface area contributed by atoms with E-state index in [4.69, 9.17) is 14.0 Å². The molecule has 34 heteroatoms. The number of β-amino-alcohol motifs (C(OH)–C–C–N with tert-alkyl or cyclic N) is 1. The molecule has 558 valence electrons. The fourth-order valence-corrected chi connectivity index (χ4v) is 13.2. The Morgan fingerprint density at radius 3 is 2.03 bits per heavy atom. The van der Waals surface area contributed by atoms with Crippen LogP contribution in [0.2, 0.25) is 0 Å². The number of nitrogens with zero attached hydrogens (tertiary/aromatic N) is 4. The Labute approximate surface area is 585 Å². The Morgan fingerprint density at radius 2 is 1.36 bits per heavy atom. The van der Waals surface area contributed by atoms with Crippen molar-refractivity contribution in [3.8, 4) is 39.8 Å². The van der Waals surface area contributed by atoms with E-state index in [2.05, 4.69) is 60.0 Å². The zero-order chi connectivity index (χ0) is 73.4. The number of rotatable bonds is 26. The number of hydrogen-bond donors (Lipinski definition) is 18. The molecule has 1 unspecified atom stereocenters. The van der Waals surface area contributed by atoms with Crippen LogP contribution in [0.4, 0.5) is 0 Å². The molecule has 0 radical (unpaired) electrons. The summed E-state index contributed by atoms with van der Waals surface area (Å²) >= 11 is -4.75. The molecule has 0 bridgehead atoms. The maximum atomic E-state index is 15.0. The van der Waals surface area contributed by atoms with E-state index in [9.17, 15) is 93.2 Å². The first kappa shape index (κ1) is 79.1. The largest absolute Gasteiger partial charge is 0.504 e. The summed E-state index contributed by atoms with van der Waals surface area (Å²) in [6.07, 6.45) is -7.19. The SMILES string of the molecule is C[C@@H]1CN(CCCCCCCOc2ccc(-c3cc(-c4ccc(C(=O)NC5C[C@@H](O)CNC(=O)[C@@H]6[C@@H](O)[C@@H](C)CN6C(=O)[C@H]([C@H](O)CCNC(CO)CO)NC(=O)[C@H]([C@H](O)Cc6ccc(O)c(OS(O)(O)O)c6)NC(=O)[C@@H]6C[C@@H](O)CN6C(=O)[C@H]([C@@H](C)O)NC5=O)cc4)no3)cc2)C[C@H](C)O1. The van der Waals surface area contributed by atoms with E-state index in [1.165, 1.54) is 19.1 Å². The van der Waals surface area contributed by atoms with Crippen molar-refractivity contribution in [1.82, 2.24) is 51.8 Å². The molecule has 4 aliphatic heterocycles. The van der Waals surface area contributed by atoms with Crippen LogP contribution in [0.1, 0.15) is 95.0 Å². The van der Waals surface area contributed by atoms with Crippen molar-refractivity contribution < 1.29 is 111 Å². The van der Waals surface area contributed by atoms with E-state index in [-0.39, 0.29) is 29.9 Å². The van der Waals surface area contributed by atoms with Crippen LogP contribution in [0.15, 0.2) is 77.3 Å². The van der Waals surface area contributed by atoms with Gasteiger partial charge in [0.25, 0.3) is 17.1 Å². The number of carbonyl (C=O) groups is 7. The fraction of sp³-hybridized carbons (Fsp3) is 0.582. The number of morpholine rings is 1. The lowest BCUT2D eigenvalue weighted by Crippen LogP contribution is -2.64. The maximum Gasteiger partial charge on any atom is 0.266 e. The Hall–Kier alpha value is -7.65. The monoisotopic (exact) mass is 1440 g/mol. The normalized spacial score (nSPS) is 26.5. The molecule has 4 aromatic rings. The number of carbonyl (C=O) groups excluding carboxylic acids is 7. The van der Waals surface area contributed by atoms with Gasteiger partial charge in [0.05, 0.1) is 74.7 Å². The third kappa shape index (κ3) is 21.9. The number of amides is 7. The first-order valence-corrected chi connectivity index (χ1v) is 35.3. The molecule has 3 aromatic carbocycles. The predicted octanol–water partition coefficient (Wildman–Crippen LogP) is -1.05. The zero-order valence-electron chi connectivity index (χ0n) is 56.7. The van der Waals surface area contributed by atoms with Crippen molar-refractivity contribution in [3.05, 3.63) is 83.9 Å². The summed E-state index contributed by atoms with van der Waals surface area (Å²) in [6, 6.07) is 5.47. The van der Waals surface area contributed by atoms with Gasteiger partial charge in [-0.05, 0) is 107 Å². The quantitative estimate of drug-likeness (QED) is 0.0334. The van der Waals surface area contributed by atoms with Gasteiger partial charge in [-0.25, -0.2) is 0 Å². The highest BCUT2D eigenvalue weighted by Gasteiger charge is 2.50. The minimum Gasteiger partial charge on any atom is -0.504 e. The lowest BCUT2D eigenvalue weighted by molar-refractivity contribution is -0.147. The second-order valence-corrected chi connectivity index (χ2v) is 27.6. The van der Waals surface area contributed by atoms with Crippen LogP contribution in [0.25, 0.3) is 22.6 Å². The first-order valence-electron chi connectivity index (χ1n) is 33.8. The van der Waals surface area contributed by atoms with Gasteiger partial charge in [0.15, 0.2) is 17.3 Å². The van der Waals surface area contributed by atoms with E-state index in [0.29, 0.717) is 29.4 Å². The number of phenols is 1. The summed E-state index contributed by atoms with van der Waals surface area (Å²) in [4.78, 5) is 106. The Kier molecular flexibility index (Phi) is 28.6. The van der Waals surface area contributed by atoms with Gasteiger partial charge in [0.2, 0.25) is 35.4 Å². The zero-order valence-corrected chi connectivity index (χ0v) is 57.5. The molecule has 7 amide bonds. The molecule has 33 nitrogen and oxygen atoms in total. The van der Waals surface area contributed by atoms with Gasteiger partial charge in [-0.1, -0.05) is 49.5 Å². The number of fused-ring (bicyclic) bond motifs is 2. The molecule has 0 aliphatic carbocycles. The molecule has 4 saturated heterocycles. The topological polar surface area (TPSA) is 498 Å². The number of unbranched alkanes of at least 4 members (excludes halogenated alkanes) is 4. The molecule has 1 aromatic heterocycles. The average Bonchev–Trinajstić information content (AvgIpc) is 1.65. The fourth-order valence-electron chi connectivity index (χ4n) is 12.9. The van der Waals surface area contributed by atoms with Gasteiger partial charge in [-0.3, -0.25) is 52.1 Å². The number of ether oxygens (including phenoxy) is 2. The molecule has 8 rings (SSSR count). The molecule has 4 fully saturated rings. The van der Waals surface area contributed by atoms with Crippen LogP contribution in [0, 0.1) is 5.92 Å². The molecule has 101 heavy (non-hydrogen) atoms. The Morgan fingerprint density at radius 1 is 0.713 bits per heavy atom. The number of hydrogen-bond acceptors (Lipinski definition) is 26. The van der Waals surface area contributed by atoms with Gasteiger partial charge < -0.3 is 106 Å². The third-order valence-electron chi connectivity index (χ3n) is 18.2. The van der Waals surface area contributed by atoms with Gasteiger partial charge in [-0.2, -0.15) is 0 Å². The average molecular weight is 1440 g/mol. The van der Waals surface area contributed by atoms with Crippen LogP contribution >= 0.6 is 11.2 Å². The Balaban J connectivity index is 1.01. The number of benzene rings is 3. The van der Waals surface area contributed by atoms with Crippen molar-refractivity contribution in [2.75, 3.05) is 65.6 Å². The molecule has 18 N–H and O–H groups in total. The van der Waals surface area contributed by atoms with Crippen LogP contribution in [0.5, 0.6) is 17.2 Å². The lowest BCUT2D eigenvalue weighted by Gasteiger charge is -2.35. The van der Waals surface area contributed by atoms with E-state index >= 15 is 0 Å². The molecular weight excluding hydrogens is 1340 g/mol. The summed E-state index contributed by atoms with van der Waals surface area (Å²) in [5.41, 5.74) is 1.57. The van der Waals surface area contributed by atoms with Crippen LogP contribution in [-0.4, -0.2) is 278 Å². The Bertz CT molecular complexity index is 3410. The molecule has 15 atom stereocenters. The predicted molar refractivity (Wildman–Crippen MR) is 362 cm³/mol. The number of aromatic hydroxyl groups is 1. The second-order valence-electron chi connectivity index (χ2n) is 26.5. The van der Waals surface area contributed by atoms with Crippen molar-refractivity contribution in [2.24, 2.45) is 5.92 Å². The minimum absolute atomic E-state index is 0.0178. The van der Waals surface area contributed by atoms with E-state index < -0.39 is 207 Å². The van der Waals surface area contributed by atoms with Crippen LogP contribution in [-0.2, 0) is 39.9 Å². The second kappa shape index (κ2) is 36.5. The number of aromatic nitrogens is 1. The summed E-state index contributed by atoms with van der Waals surface area (Å²) < 4.78 is 50.9. The van der Waals surface area contributed by atoms with Crippen molar-refractivity contribution in [1.29, 1.82) is 0 Å². The number of nitrogens with one attached hydrogen (secondary N) is 6. The van der Waals surface area contributed by atoms with Gasteiger partial charge in [-0.15, -0.1) is 0 Å². The summed E-state index contributed by atoms with van der Waals surface area (Å²) in [7, 11) is 0. The van der Waals surface area contributed by atoms with E-state index in [1.807, 2.05) is 24.3 Å². The van der Waals surface area contributed by atoms with Gasteiger partial charge in [0, 0.05) is 80.7 Å². The summed E-state index contributed by atoms with van der Waals surface area (Å²) in [6.45, 7) is 7.32. The van der Waals surface area contributed by atoms with Crippen LogP contribution in [0.3, 0.4) is 0 Å². The smallest absolute Gasteiger partial charge is 0.266 e. The van der Waals surface area contributed by atoms with Gasteiger partial charge >= 0.3 is 0 Å². The van der Waals surface area contributed by atoms with Crippen molar-refractivity contribution in [2.45, 2.75) is 177 Å². The molecular formula is C67H96N10O23S. The van der Waals surface area contributed by atoms with Crippen molar-refractivity contribution >= 4 is 52.5 Å². The molecule has 0 saturated carbocycles.